The molecule has 5 heteroatoms. The van der Waals surface area contributed by atoms with Crippen molar-refractivity contribution in [1.82, 2.24) is 0 Å². The molecule has 0 fully saturated rings. The monoisotopic (exact) mass is 286 g/mol. The average molecular weight is 287 g/mol. The van der Waals surface area contributed by atoms with Crippen molar-refractivity contribution in [2.75, 3.05) is 6.79 Å². The van der Waals surface area contributed by atoms with Crippen LogP contribution in [0.5, 0.6) is 17.2 Å². The molecule has 1 atom stereocenters. The fraction of sp³-hybridized carbons (Fsp3) is 0.364. The van der Waals surface area contributed by atoms with E-state index in [1.807, 2.05) is 6.92 Å². The summed E-state index contributed by atoms with van der Waals surface area (Å²) in [5, 5.41) is 9.96. The van der Waals surface area contributed by atoms with E-state index in [9.17, 15) is 9.90 Å². The molecular weight excluding hydrogens is 276 g/mol. The van der Waals surface area contributed by atoms with Gasteiger partial charge in [-0.3, -0.25) is 0 Å². The standard InChI is InChI=1S/C11H11BrO4/c1-6(2-3-13)9-10(14)7(12)4-8-11(9)16-5-15-8/h3-4,6,14H,2,5H2,1H3. The molecule has 0 saturated heterocycles. The molecule has 0 aliphatic carbocycles. The van der Waals surface area contributed by atoms with Crippen molar-refractivity contribution >= 4 is 22.2 Å². The Balaban J connectivity index is 2.53. The molecule has 0 saturated carbocycles. The summed E-state index contributed by atoms with van der Waals surface area (Å²) in [5.74, 6) is 1.14. The predicted molar refractivity (Wildman–Crippen MR) is 61.0 cm³/mol. The van der Waals surface area contributed by atoms with Gasteiger partial charge in [0.05, 0.1) is 4.47 Å². The van der Waals surface area contributed by atoms with E-state index >= 15 is 0 Å². The summed E-state index contributed by atoms with van der Waals surface area (Å²) in [6.45, 7) is 2.00. The molecule has 1 aliphatic heterocycles. The van der Waals surface area contributed by atoms with E-state index in [1.54, 1.807) is 6.07 Å². The highest BCUT2D eigenvalue weighted by molar-refractivity contribution is 9.10. The Morgan fingerprint density at radius 1 is 1.62 bits per heavy atom. The number of ether oxygens (including phenoxy) is 2. The van der Waals surface area contributed by atoms with Crippen LogP contribution in [-0.2, 0) is 4.79 Å². The van der Waals surface area contributed by atoms with E-state index in [0.29, 0.717) is 28.0 Å². The molecule has 86 valence electrons. The Morgan fingerprint density at radius 3 is 3.06 bits per heavy atom. The van der Waals surface area contributed by atoms with Crippen LogP contribution in [0.3, 0.4) is 0 Å². The molecule has 1 unspecified atom stereocenters. The Bertz CT molecular complexity index is 430. The summed E-state index contributed by atoms with van der Waals surface area (Å²) in [7, 11) is 0. The lowest BCUT2D eigenvalue weighted by Gasteiger charge is -2.14. The lowest BCUT2D eigenvalue weighted by Crippen LogP contribution is -1.99. The third-order valence-corrected chi connectivity index (χ3v) is 3.17. The predicted octanol–water partition coefficient (Wildman–Crippen LogP) is 2.58. The van der Waals surface area contributed by atoms with Crippen LogP contribution in [0, 0.1) is 0 Å². The summed E-state index contributed by atoms with van der Waals surface area (Å²) in [6.07, 6.45) is 1.16. The fourth-order valence-corrected chi connectivity index (χ4v) is 2.17. The summed E-state index contributed by atoms with van der Waals surface area (Å²) >= 11 is 3.25. The molecule has 16 heavy (non-hydrogen) atoms. The number of hydrogen-bond donors (Lipinski definition) is 1. The number of carbonyl (C=O) groups is 1. The summed E-state index contributed by atoms with van der Waals surface area (Å²) in [4.78, 5) is 10.5. The van der Waals surface area contributed by atoms with E-state index in [-0.39, 0.29) is 18.5 Å². The van der Waals surface area contributed by atoms with Gasteiger partial charge in [-0.25, -0.2) is 0 Å². The van der Waals surface area contributed by atoms with Gasteiger partial charge in [-0.15, -0.1) is 0 Å². The van der Waals surface area contributed by atoms with Gasteiger partial charge < -0.3 is 19.4 Å². The van der Waals surface area contributed by atoms with Crippen molar-refractivity contribution in [3.8, 4) is 17.2 Å². The first kappa shape index (κ1) is 11.3. The summed E-state index contributed by atoms with van der Waals surface area (Å²) in [5.41, 5.74) is 0.619. The molecule has 1 aromatic carbocycles. The third kappa shape index (κ3) is 1.75. The average Bonchev–Trinajstić information content (AvgIpc) is 2.67. The van der Waals surface area contributed by atoms with Gasteiger partial charge in [0.2, 0.25) is 6.79 Å². The highest BCUT2D eigenvalue weighted by Gasteiger charge is 2.26. The number of benzene rings is 1. The second kappa shape index (κ2) is 4.33. The number of halogens is 1. The van der Waals surface area contributed by atoms with Gasteiger partial charge in [0.25, 0.3) is 0 Å². The molecule has 0 amide bonds. The van der Waals surface area contributed by atoms with E-state index in [0.717, 1.165) is 6.29 Å². The maximum Gasteiger partial charge on any atom is 0.231 e. The molecule has 1 N–H and O–H groups in total. The molecule has 0 bridgehead atoms. The topological polar surface area (TPSA) is 55.8 Å². The quantitative estimate of drug-likeness (QED) is 0.868. The first-order chi connectivity index (χ1) is 7.65. The van der Waals surface area contributed by atoms with Gasteiger partial charge in [0.15, 0.2) is 11.5 Å². The van der Waals surface area contributed by atoms with Gasteiger partial charge in [0.1, 0.15) is 12.0 Å². The zero-order valence-electron chi connectivity index (χ0n) is 8.70. The molecule has 0 aromatic heterocycles. The van der Waals surface area contributed by atoms with Crippen LogP contribution >= 0.6 is 15.9 Å². The van der Waals surface area contributed by atoms with Crippen molar-refractivity contribution in [1.29, 1.82) is 0 Å². The van der Waals surface area contributed by atoms with Crippen LogP contribution in [0.15, 0.2) is 10.5 Å². The number of fused-ring (bicyclic) bond motifs is 1. The number of aldehydes is 1. The van der Waals surface area contributed by atoms with Crippen LogP contribution in [0.4, 0.5) is 0 Å². The normalized spacial score (nSPS) is 14.9. The van der Waals surface area contributed by atoms with Crippen LogP contribution in [-0.4, -0.2) is 18.2 Å². The van der Waals surface area contributed by atoms with Gasteiger partial charge in [-0.1, -0.05) is 6.92 Å². The Hall–Kier alpha value is -1.23. The van der Waals surface area contributed by atoms with Crippen molar-refractivity contribution < 1.29 is 19.4 Å². The van der Waals surface area contributed by atoms with E-state index in [2.05, 4.69) is 15.9 Å². The van der Waals surface area contributed by atoms with Gasteiger partial charge in [-0.05, 0) is 21.8 Å². The first-order valence-corrected chi connectivity index (χ1v) is 5.69. The number of rotatable bonds is 3. The van der Waals surface area contributed by atoms with Gasteiger partial charge >= 0.3 is 0 Å². The molecule has 1 heterocycles. The number of hydrogen-bond acceptors (Lipinski definition) is 4. The minimum absolute atomic E-state index is 0.106. The molecule has 2 rings (SSSR count). The highest BCUT2D eigenvalue weighted by atomic mass is 79.9. The fourth-order valence-electron chi connectivity index (χ4n) is 1.75. The SMILES string of the molecule is CC(CC=O)c1c(O)c(Br)cc2c1OCO2. The highest BCUT2D eigenvalue weighted by Crippen LogP contribution is 2.48. The largest absolute Gasteiger partial charge is 0.506 e. The number of phenols is 1. The van der Waals surface area contributed by atoms with Gasteiger partial charge in [0, 0.05) is 18.1 Å². The Morgan fingerprint density at radius 2 is 2.38 bits per heavy atom. The molecule has 1 aliphatic rings. The molecule has 1 aromatic rings. The lowest BCUT2D eigenvalue weighted by molar-refractivity contribution is -0.108. The number of phenolic OH excluding ortho intramolecular Hbond substituents is 1. The molecular formula is C11H11BrO4. The molecule has 4 nitrogen and oxygen atoms in total. The molecule has 0 radical (unpaired) electrons. The minimum Gasteiger partial charge on any atom is -0.506 e. The first-order valence-electron chi connectivity index (χ1n) is 4.89. The van der Waals surface area contributed by atoms with E-state index in [1.165, 1.54) is 0 Å². The van der Waals surface area contributed by atoms with Crippen molar-refractivity contribution in [2.24, 2.45) is 0 Å². The Kier molecular flexibility index (Phi) is 3.05. The van der Waals surface area contributed by atoms with Crippen LogP contribution in [0.2, 0.25) is 0 Å². The second-order valence-corrected chi connectivity index (χ2v) is 4.51. The lowest BCUT2D eigenvalue weighted by atomic mass is 9.96. The van der Waals surface area contributed by atoms with Crippen LogP contribution in [0.25, 0.3) is 0 Å². The minimum atomic E-state index is -0.106. The number of aromatic hydroxyl groups is 1. The summed E-state index contributed by atoms with van der Waals surface area (Å²) in [6, 6.07) is 1.66. The maximum absolute atomic E-state index is 10.5. The van der Waals surface area contributed by atoms with Crippen molar-refractivity contribution in [3.05, 3.63) is 16.1 Å². The smallest absolute Gasteiger partial charge is 0.231 e. The second-order valence-electron chi connectivity index (χ2n) is 3.66. The zero-order chi connectivity index (χ0) is 11.7. The van der Waals surface area contributed by atoms with Crippen molar-refractivity contribution in [3.63, 3.8) is 0 Å². The third-order valence-electron chi connectivity index (χ3n) is 2.57. The number of carbonyl (C=O) groups excluding carboxylic acids is 1. The Labute approximate surface area is 101 Å². The van der Waals surface area contributed by atoms with Crippen molar-refractivity contribution in [2.45, 2.75) is 19.3 Å². The van der Waals surface area contributed by atoms with E-state index < -0.39 is 0 Å². The molecule has 0 spiro atoms. The zero-order valence-corrected chi connectivity index (χ0v) is 10.3. The van der Waals surface area contributed by atoms with Crippen LogP contribution < -0.4 is 9.47 Å². The van der Waals surface area contributed by atoms with E-state index in [4.69, 9.17) is 9.47 Å². The summed E-state index contributed by atoms with van der Waals surface area (Å²) < 4.78 is 11.1. The van der Waals surface area contributed by atoms with Crippen LogP contribution in [0.1, 0.15) is 24.8 Å². The van der Waals surface area contributed by atoms with Gasteiger partial charge in [-0.2, -0.15) is 0 Å². The maximum atomic E-state index is 10.5.